The Morgan fingerprint density at radius 2 is 1.35 bits per heavy atom. The Kier molecular flexibility index (Phi) is 6.99. The van der Waals surface area contributed by atoms with Gasteiger partial charge in [-0.15, -0.1) is 0 Å². The summed E-state index contributed by atoms with van der Waals surface area (Å²) in [5, 5.41) is 0. The molecular formula is C22H38N2O2. The van der Waals surface area contributed by atoms with Crippen LogP contribution in [0.1, 0.15) is 78.1 Å². The van der Waals surface area contributed by atoms with Gasteiger partial charge in [0.2, 0.25) is 11.8 Å². The molecule has 148 valence electrons. The fraction of sp³-hybridized carbons (Fsp3) is 0.909. The molecule has 2 amide bonds. The zero-order chi connectivity index (χ0) is 18.5. The van der Waals surface area contributed by atoms with E-state index in [0.717, 1.165) is 50.9 Å². The van der Waals surface area contributed by atoms with Crippen LogP contribution in [0, 0.1) is 23.7 Å². The smallest absolute Gasteiger partial charge is 0.222 e. The average Bonchev–Trinajstić information content (AvgIpc) is 2.63. The molecule has 4 nitrogen and oxygen atoms in total. The van der Waals surface area contributed by atoms with Gasteiger partial charge in [0.25, 0.3) is 0 Å². The molecule has 0 N–H and O–H groups in total. The van der Waals surface area contributed by atoms with Crippen molar-refractivity contribution in [2.45, 2.75) is 78.1 Å². The van der Waals surface area contributed by atoms with Gasteiger partial charge >= 0.3 is 0 Å². The topological polar surface area (TPSA) is 40.6 Å². The Bertz CT molecular complexity index is 483. The van der Waals surface area contributed by atoms with Gasteiger partial charge in [-0.3, -0.25) is 9.59 Å². The van der Waals surface area contributed by atoms with Crippen molar-refractivity contribution in [3.63, 3.8) is 0 Å². The minimum Gasteiger partial charge on any atom is -0.342 e. The molecule has 4 atom stereocenters. The fourth-order valence-electron chi connectivity index (χ4n) is 5.56. The van der Waals surface area contributed by atoms with Crippen molar-refractivity contribution < 1.29 is 9.59 Å². The Morgan fingerprint density at radius 1 is 0.769 bits per heavy atom. The summed E-state index contributed by atoms with van der Waals surface area (Å²) in [4.78, 5) is 29.1. The normalized spacial score (nSPS) is 32.2. The van der Waals surface area contributed by atoms with E-state index in [9.17, 15) is 9.59 Å². The lowest BCUT2D eigenvalue weighted by atomic mass is 9.75. The van der Waals surface area contributed by atoms with E-state index in [1.54, 1.807) is 0 Å². The summed E-state index contributed by atoms with van der Waals surface area (Å²) in [5.74, 6) is 3.48. The Morgan fingerprint density at radius 3 is 2.00 bits per heavy atom. The molecule has 1 aliphatic carbocycles. The van der Waals surface area contributed by atoms with Crippen LogP contribution in [0.4, 0.5) is 0 Å². The molecule has 4 heteroatoms. The molecule has 0 aromatic rings. The molecule has 3 aliphatic rings. The second kappa shape index (κ2) is 9.23. The molecule has 2 saturated heterocycles. The minimum absolute atomic E-state index is 0.291. The van der Waals surface area contributed by atoms with Crippen LogP contribution in [0.3, 0.4) is 0 Å². The van der Waals surface area contributed by atoms with Crippen LogP contribution in [-0.2, 0) is 9.59 Å². The molecule has 2 heterocycles. The van der Waals surface area contributed by atoms with Crippen molar-refractivity contribution in [1.82, 2.24) is 9.80 Å². The number of rotatable bonds is 5. The van der Waals surface area contributed by atoms with Gasteiger partial charge in [-0.25, -0.2) is 0 Å². The summed E-state index contributed by atoms with van der Waals surface area (Å²) in [6, 6.07) is 0. The Labute approximate surface area is 159 Å². The first kappa shape index (κ1) is 19.7. The zero-order valence-corrected chi connectivity index (χ0v) is 16.9. The average molecular weight is 363 g/mol. The van der Waals surface area contributed by atoms with Crippen LogP contribution < -0.4 is 0 Å². The molecule has 26 heavy (non-hydrogen) atoms. The SMILES string of the molecule is CC1CC(C)CN(C(=O)CCCCC(=O)N2CCC3CCCCC3C2)C1. The molecule has 3 rings (SSSR count). The van der Waals surface area contributed by atoms with Crippen LogP contribution in [0.25, 0.3) is 0 Å². The number of nitrogens with zero attached hydrogens (tertiary/aromatic N) is 2. The maximum absolute atomic E-state index is 12.5. The maximum Gasteiger partial charge on any atom is 0.222 e. The number of hydrogen-bond acceptors (Lipinski definition) is 2. The van der Waals surface area contributed by atoms with E-state index in [0.29, 0.717) is 36.5 Å². The number of likely N-dealkylation sites (tertiary alicyclic amines) is 2. The molecule has 3 fully saturated rings. The number of amides is 2. The van der Waals surface area contributed by atoms with E-state index in [1.807, 2.05) is 0 Å². The summed E-state index contributed by atoms with van der Waals surface area (Å²) in [6.07, 6.45) is 10.8. The first-order valence-corrected chi connectivity index (χ1v) is 11.1. The second-order valence-electron chi connectivity index (χ2n) is 9.38. The molecule has 0 aromatic carbocycles. The van der Waals surface area contributed by atoms with Crippen molar-refractivity contribution >= 4 is 11.8 Å². The van der Waals surface area contributed by atoms with Crippen LogP contribution in [0.15, 0.2) is 0 Å². The highest BCUT2D eigenvalue weighted by atomic mass is 16.2. The lowest BCUT2D eigenvalue weighted by Gasteiger charge is -2.41. The predicted molar refractivity (Wildman–Crippen MR) is 105 cm³/mol. The fourth-order valence-corrected chi connectivity index (χ4v) is 5.56. The van der Waals surface area contributed by atoms with Crippen LogP contribution >= 0.6 is 0 Å². The van der Waals surface area contributed by atoms with E-state index in [-0.39, 0.29) is 0 Å². The van der Waals surface area contributed by atoms with E-state index in [2.05, 4.69) is 23.6 Å². The number of carbonyl (C=O) groups excluding carboxylic acids is 2. The van der Waals surface area contributed by atoms with Gasteiger partial charge in [0.1, 0.15) is 0 Å². The third-order valence-electron chi connectivity index (χ3n) is 6.90. The highest BCUT2D eigenvalue weighted by molar-refractivity contribution is 5.77. The monoisotopic (exact) mass is 362 g/mol. The summed E-state index contributed by atoms with van der Waals surface area (Å²) >= 11 is 0. The van der Waals surface area contributed by atoms with E-state index >= 15 is 0 Å². The van der Waals surface area contributed by atoms with Crippen LogP contribution in [0.2, 0.25) is 0 Å². The third kappa shape index (κ3) is 5.23. The lowest BCUT2D eigenvalue weighted by molar-refractivity contribution is -0.136. The number of unbranched alkanes of at least 4 members (excludes halogenated alkanes) is 1. The van der Waals surface area contributed by atoms with E-state index in [4.69, 9.17) is 0 Å². The van der Waals surface area contributed by atoms with Crippen LogP contribution in [-0.4, -0.2) is 47.8 Å². The molecule has 0 radical (unpaired) electrons. The highest BCUT2D eigenvalue weighted by Crippen LogP contribution is 2.36. The molecule has 1 saturated carbocycles. The summed E-state index contributed by atoms with van der Waals surface area (Å²) in [7, 11) is 0. The van der Waals surface area contributed by atoms with Crippen LogP contribution in [0.5, 0.6) is 0 Å². The quantitative estimate of drug-likeness (QED) is 0.691. The van der Waals surface area contributed by atoms with Gasteiger partial charge in [-0.05, 0) is 55.8 Å². The number of carbonyl (C=O) groups is 2. The largest absolute Gasteiger partial charge is 0.342 e. The van der Waals surface area contributed by atoms with Gasteiger partial charge in [-0.2, -0.15) is 0 Å². The Balaban J connectivity index is 1.33. The van der Waals surface area contributed by atoms with Gasteiger partial charge in [-0.1, -0.05) is 33.1 Å². The van der Waals surface area contributed by atoms with Crippen molar-refractivity contribution in [3.05, 3.63) is 0 Å². The Hall–Kier alpha value is -1.06. The first-order chi connectivity index (χ1) is 12.5. The predicted octanol–water partition coefficient (Wildman–Crippen LogP) is 4.09. The molecule has 0 aromatic heterocycles. The molecule has 0 bridgehead atoms. The van der Waals surface area contributed by atoms with E-state index < -0.39 is 0 Å². The second-order valence-corrected chi connectivity index (χ2v) is 9.38. The number of fused-ring (bicyclic) bond motifs is 1. The third-order valence-corrected chi connectivity index (χ3v) is 6.90. The number of piperidine rings is 2. The van der Waals surface area contributed by atoms with Gasteiger partial charge in [0.05, 0.1) is 0 Å². The van der Waals surface area contributed by atoms with Crippen molar-refractivity contribution in [3.8, 4) is 0 Å². The molecule has 4 unspecified atom stereocenters. The highest BCUT2D eigenvalue weighted by Gasteiger charge is 2.32. The molecule has 2 aliphatic heterocycles. The van der Waals surface area contributed by atoms with Crippen molar-refractivity contribution in [2.75, 3.05) is 26.2 Å². The minimum atomic E-state index is 0.291. The summed E-state index contributed by atoms with van der Waals surface area (Å²) < 4.78 is 0. The lowest BCUT2D eigenvalue weighted by Crippen LogP contribution is -2.44. The number of hydrogen-bond donors (Lipinski definition) is 0. The summed E-state index contributed by atoms with van der Waals surface area (Å²) in [5.41, 5.74) is 0. The summed E-state index contributed by atoms with van der Waals surface area (Å²) in [6.45, 7) is 8.26. The first-order valence-electron chi connectivity index (χ1n) is 11.1. The van der Waals surface area contributed by atoms with Crippen molar-refractivity contribution in [2.24, 2.45) is 23.7 Å². The van der Waals surface area contributed by atoms with Gasteiger partial charge < -0.3 is 9.80 Å². The van der Waals surface area contributed by atoms with Gasteiger partial charge in [0.15, 0.2) is 0 Å². The zero-order valence-electron chi connectivity index (χ0n) is 16.9. The maximum atomic E-state index is 12.5. The molecule has 0 spiro atoms. The standard InChI is InChI=1S/C22H38N2O2/c1-17-13-18(2)15-24(14-17)22(26)10-6-5-9-21(25)23-12-11-19-7-3-4-8-20(19)16-23/h17-20H,3-16H2,1-2H3. The van der Waals surface area contributed by atoms with Crippen molar-refractivity contribution in [1.29, 1.82) is 0 Å². The van der Waals surface area contributed by atoms with E-state index in [1.165, 1.54) is 38.5 Å². The van der Waals surface area contributed by atoms with Gasteiger partial charge in [0, 0.05) is 39.0 Å². The molecular weight excluding hydrogens is 324 g/mol.